The van der Waals surface area contributed by atoms with Crippen LogP contribution in [0.5, 0.6) is 0 Å². The van der Waals surface area contributed by atoms with E-state index >= 15 is 0 Å². The van der Waals surface area contributed by atoms with Gasteiger partial charge >= 0.3 is 12.0 Å². The van der Waals surface area contributed by atoms with Crippen LogP contribution in [-0.4, -0.2) is 41.1 Å². The van der Waals surface area contributed by atoms with Crippen molar-refractivity contribution in [3.8, 4) is 0 Å². The van der Waals surface area contributed by atoms with Gasteiger partial charge in [0.2, 0.25) is 0 Å². The standard InChI is InChI=1S/C12H18N2O4/c1-3-14(8-11(15)16)12(17)13-9(2)7-10-5-4-6-18-10/h4-6,9H,3,7-8H2,1-2H3,(H,13,17)(H,15,16). The summed E-state index contributed by atoms with van der Waals surface area (Å²) in [5.74, 6) is -0.241. The van der Waals surface area contributed by atoms with E-state index in [-0.39, 0.29) is 18.6 Å². The summed E-state index contributed by atoms with van der Waals surface area (Å²) in [6, 6.07) is 3.12. The first-order valence-electron chi connectivity index (χ1n) is 5.82. The summed E-state index contributed by atoms with van der Waals surface area (Å²) in [4.78, 5) is 23.6. The zero-order valence-electron chi connectivity index (χ0n) is 10.5. The third-order valence-electron chi connectivity index (χ3n) is 2.45. The Kier molecular flexibility index (Phi) is 5.23. The number of hydrogen-bond donors (Lipinski definition) is 2. The van der Waals surface area contributed by atoms with E-state index in [9.17, 15) is 9.59 Å². The lowest BCUT2D eigenvalue weighted by Gasteiger charge is -2.22. The number of nitrogens with one attached hydrogen (secondary N) is 1. The summed E-state index contributed by atoms with van der Waals surface area (Å²) in [5.41, 5.74) is 0. The quantitative estimate of drug-likeness (QED) is 0.802. The zero-order chi connectivity index (χ0) is 13.5. The van der Waals surface area contributed by atoms with Gasteiger partial charge in [-0.15, -0.1) is 0 Å². The fraction of sp³-hybridized carbons (Fsp3) is 0.500. The van der Waals surface area contributed by atoms with Gasteiger partial charge in [0.1, 0.15) is 12.3 Å². The molecule has 1 heterocycles. The van der Waals surface area contributed by atoms with Gasteiger partial charge in [-0.2, -0.15) is 0 Å². The molecule has 1 unspecified atom stereocenters. The van der Waals surface area contributed by atoms with E-state index in [0.717, 1.165) is 5.76 Å². The normalized spacial score (nSPS) is 11.9. The number of carbonyl (C=O) groups is 2. The van der Waals surface area contributed by atoms with Gasteiger partial charge in [-0.1, -0.05) is 0 Å². The Labute approximate surface area is 106 Å². The minimum atomic E-state index is -1.02. The van der Waals surface area contributed by atoms with E-state index in [4.69, 9.17) is 9.52 Å². The Bertz CT molecular complexity index is 389. The molecular weight excluding hydrogens is 236 g/mol. The van der Waals surface area contributed by atoms with Crippen LogP contribution in [0.4, 0.5) is 4.79 Å². The summed E-state index contributed by atoms with van der Waals surface area (Å²) in [7, 11) is 0. The highest BCUT2D eigenvalue weighted by atomic mass is 16.4. The van der Waals surface area contributed by atoms with E-state index in [0.29, 0.717) is 13.0 Å². The highest BCUT2D eigenvalue weighted by Gasteiger charge is 2.17. The average Bonchev–Trinajstić information content (AvgIpc) is 2.77. The number of rotatable bonds is 6. The number of urea groups is 1. The van der Waals surface area contributed by atoms with Crippen molar-refractivity contribution in [3.63, 3.8) is 0 Å². The van der Waals surface area contributed by atoms with E-state index < -0.39 is 5.97 Å². The van der Waals surface area contributed by atoms with Crippen molar-refractivity contribution in [1.82, 2.24) is 10.2 Å². The molecule has 0 aliphatic rings. The van der Waals surface area contributed by atoms with Crippen molar-refractivity contribution in [2.24, 2.45) is 0 Å². The molecule has 100 valence electrons. The fourth-order valence-electron chi connectivity index (χ4n) is 1.57. The molecule has 2 amide bonds. The lowest BCUT2D eigenvalue weighted by molar-refractivity contribution is -0.137. The van der Waals surface area contributed by atoms with Gasteiger partial charge in [0, 0.05) is 19.0 Å². The average molecular weight is 254 g/mol. The predicted molar refractivity (Wildman–Crippen MR) is 65.3 cm³/mol. The van der Waals surface area contributed by atoms with Gasteiger partial charge in [-0.3, -0.25) is 4.79 Å². The van der Waals surface area contributed by atoms with Crippen LogP contribution >= 0.6 is 0 Å². The Morgan fingerprint density at radius 2 is 2.28 bits per heavy atom. The van der Waals surface area contributed by atoms with E-state index in [2.05, 4.69) is 5.32 Å². The number of amides is 2. The first kappa shape index (κ1) is 14.1. The fourth-order valence-corrected chi connectivity index (χ4v) is 1.57. The molecule has 1 aromatic rings. The van der Waals surface area contributed by atoms with Crippen LogP contribution in [0, 0.1) is 0 Å². The number of carbonyl (C=O) groups excluding carboxylic acids is 1. The molecular formula is C12H18N2O4. The number of carboxylic acid groups (broad SMARTS) is 1. The third kappa shape index (κ3) is 4.48. The summed E-state index contributed by atoms with van der Waals surface area (Å²) in [6.45, 7) is 3.64. The number of furan rings is 1. The second kappa shape index (κ2) is 6.68. The summed E-state index contributed by atoms with van der Waals surface area (Å²) < 4.78 is 5.18. The molecule has 0 aliphatic carbocycles. The summed E-state index contributed by atoms with van der Waals surface area (Å²) >= 11 is 0. The van der Waals surface area contributed by atoms with Crippen LogP contribution in [0.1, 0.15) is 19.6 Å². The number of nitrogens with zero attached hydrogens (tertiary/aromatic N) is 1. The maximum atomic E-state index is 11.8. The molecule has 6 heteroatoms. The van der Waals surface area contributed by atoms with Crippen molar-refractivity contribution in [3.05, 3.63) is 24.2 Å². The Hall–Kier alpha value is -1.98. The molecule has 0 aliphatic heterocycles. The molecule has 1 atom stereocenters. The molecule has 0 bridgehead atoms. The predicted octanol–water partition coefficient (Wildman–Crippen LogP) is 1.33. The highest BCUT2D eigenvalue weighted by Crippen LogP contribution is 2.04. The second-order valence-corrected chi connectivity index (χ2v) is 4.04. The van der Waals surface area contributed by atoms with Gasteiger partial charge < -0.3 is 19.7 Å². The van der Waals surface area contributed by atoms with Crippen LogP contribution in [0.15, 0.2) is 22.8 Å². The molecule has 0 aromatic carbocycles. The molecule has 0 saturated carbocycles. The van der Waals surface area contributed by atoms with Gasteiger partial charge in [-0.05, 0) is 26.0 Å². The van der Waals surface area contributed by atoms with Crippen LogP contribution in [0.2, 0.25) is 0 Å². The van der Waals surface area contributed by atoms with Crippen molar-refractivity contribution in [2.75, 3.05) is 13.1 Å². The SMILES string of the molecule is CCN(CC(=O)O)C(=O)NC(C)Cc1ccco1. The van der Waals surface area contributed by atoms with Gasteiger partial charge in [-0.25, -0.2) is 4.79 Å². The molecule has 1 rings (SSSR count). The number of hydrogen-bond acceptors (Lipinski definition) is 3. The Morgan fingerprint density at radius 1 is 1.56 bits per heavy atom. The lowest BCUT2D eigenvalue weighted by Crippen LogP contribution is -2.46. The largest absolute Gasteiger partial charge is 0.480 e. The molecule has 6 nitrogen and oxygen atoms in total. The second-order valence-electron chi connectivity index (χ2n) is 4.04. The van der Waals surface area contributed by atoms with Gasteiger partial charge in [0.25, 0.3) is 0 Å². The first-order chi connectivity index (χ1) is 8.52. The van der Waals surface area contributed by atoms with E-state index in [1.165, 1.54) is 4.90 Å². The van der Waals surface area contributed by atoms with Gasteiger partial charge in [0.15, 0.2) is 0 Å². The van der Waals surface area contributed by atoms with E-state index in [1.54, 1.807) is 19.3 Å². The Balaban J connectivity index is 2.44. The van der Waals surface area contributed by atoms with Crippen molar-refractivity contribution in [2.45, 2.75) is 26.3 Å². The van der Waals surface area contributed by atoms with Crippen molar-refractivity contribution >= 4 is 12.0 Å². The number of aliphatic carboxylic acids is 1. The minimum absolute atomic E-state index is 0.119. The summed E-state index contributed by atoms with van der Waals surface area (Å²) in [6.07, 6.45) is 2.15. The van der Waals surface area contributed by atoms with Crippen LogP contribution in [-0.2, 0) is 11.2 Å². The molecule has 2 N–H and O–H groups in total. The minimum Gasteiger partial charge on any atom is -0.480 e. The molecule has 18 heavy (non-hydrogen) atoms. The van der Waals surface area contributed by atoms with Crippen molar-refractivity contribution < 1.29 is 19.1 Å². The summed E-state index contributed by atoms with van der Waals surface area (Å²) in [5, 5.41) is 11.4. The monoisotopic (exact) mass is 254 g/mol. The lowest BCUT2D eigenvalue weighted by atomic mass is 10.2. The highest BCUT2D eigenvalue weighted by molar-refractivity contribution is 5.80. The van der Waals surface area contributed by atoms with Gasteiger partial charge in [0.05, 0.1) is 6.26 Å². The number of carboxylic acids is 1. The topological polar surface area (TPSA) is 82.8 Å². The van der Waals surface area contributed by atoms with E-state index in [1.807, 2.05) is 13.0 Å². The smallest absolute Gasteiger partial charge is 0.323 e. The number of likely N-dealkylation sites (N-methyl/N-ethyl adjacent to an activating group) is 1. The van der Waals surface area contributed by atoms with Crippen LogP contribution < -0.4 is 5.32 Å². The molecule has 0 fully saturated rings. The van der Waals surface area contributed by atoms with Crippen LogP contribution in [0.3, 0.4) is 0 Å². The maximum absolute atomic E-state index is 11.8. The Morgan fingerprint density at radius 3 is 2.78 bits per heavy atom. The molecule has 0 saturated heterocycles. The van der Waals surface area contributed by atoms with Crippen molar-refractivity contribution in [1.29, 1.82) is 0 Å². The molecule has 0 radical (unpaired) electrons. The maximum Gasteiger partial charge on any atom is 0.323 e. The first-order valence-corrected chi connectivity index (χ1v) is 5.82. The zero-order valence-corrected chi connectivity index (χ0v) is 10.5. The third-order valence-corrected chi connectivity index (χ3v) is 2.45. The van der Waals surface area contributed by atoms with Crippen LogP contribution in [0.25, 0.3) is 0 Å². The molecule has 1 aromatic heterocycles. The molecule has 0 spiro atoms.